The summed E-state index contributed by atoms with van der Waals surface area (Å²) in [5.41, 5.74) is 0. The largest absolute Gasteiger partial charge is 0.469 e. The Balaban J connectivity index is 0.00000128. The molecule has 0 aliphatic carbocycles. The van der Waals surface area contributed by atoms with E-state index < -0.39 is 0 Å². The van der Waals surface area contributed by atoms with Crippen LogP contribution in [0.4, 0.5) is 0 Å². The van der Waals surface area contributed by atoms with Crippen LogP contribution >= 0.6 is 12.4 Å². The number of carbonyl (C=O) groups excluding carboxylic acids is 1. The first-order valence-corrected chi connectivity index (χ1v) is 5.73. The number of hydrogen-bond acceptors (Lipinski definition) is 4. The molecule has 0 bridgehead atoms. The minimum Gasteiger partial charge on any atom is -0.469 e. The van der Waals surface area contributed by atoms with E-state index in [9.17, 15) is 4.79 Å². The van der Waals surface area contributed by atoms with E-state index in [1.807, 2.05) is 0 Å². The first kappa shape index (κ1) is 13.7. The standard InChI is InChI=1S/C11H19NO3.ClH/c1-14-11(13)9-4-7-15-10(9)8-2-5-12-6-3-8;/h8-10,12H,2-7H2,1H3;1H. The van der Waals surface area contributed by atoms with Crippen molar-refractivity contribution in [3.05, 3.63) is 0 Å². The van der Waals surface area contributed by atoms with Crippen LogP contribution < -0.4 is 5.32 Å². The zero-order chi connectivity index (χ0) is 10.7. The van der Waals surface area contributed by atoms with E-state index in [0.717, 1.165) is 32.4 Å². The molecule has 94 valence electrons. The predicted molar refractivity (Wildman–Crippen MR) is 62.7 cm³/mol. The molecule has 2 aliphatic heterocycles. The highest BCUT2D eigenvalue weighted by molar-refractivity contribution is 5.85. The molecule has 0 saturated carbocycles. The van der Waals surface area contributed by atoms with Crippen molar-refractivity contribution in [3.8, 4) is 0 Å². The number of nitrogens with one attached hydrogen (secondary N) is 1. The van der Waals surface area contributed by atoms with Gasteiger partial charge in [0.15, 0.2) is 0 Å². The Kier molecular flexibility index (Phi) is 5.52. The normalized spacial score (nSPS) is 30.8. The Labute approximate surface area is 102 Å². The van der Waals surface area contributed by atoms with Gasteiger partial charge >= 0.3 is 5.97 Å². The maximum Gasteiger partial charge on any atom is 0.311 e. The smallest absolute Gasteiger partial charge is 0.311 e. The first-order chi connectivity index (χ1) is 7.33. The van der Waals surface area contributed by atoms with Gasteiger partial charge in [-0.2, -0.15) is 0 Å². The fourth-order valence-electron chi connectivity index (χ4n) is 2.65. The minimum atomic E-state index is -0.101. The highest BCUT2D eigenvalue weighted by Crippen LogP contribution is 2.32. The molecule has 4 nitrogen and oxygen atoms in total. The fraction of sp³-hybridized carbons (Fsp3) is 0.909. The van der Waals surface area contributed by atoms with Gasteiger partial charge in [0.05, 0.1) is 19.1 Å². The highest BCUT2D eigenvalue weighted by atomic mass is 35.5. The molecule has 0 amide bonds. The fourth-order valence-corrected chi connectivity index (χ4v) is 2.65. The van der Waals surface area contributed by atoms with Crippen LogP contribution in [0.15, 0.2) is 0 Å². The number of rotatable bonds is 2. The van der Waals surface area contributed by atoms with Crippen LogP contribution in [0.1, 0.15) is 19.3 Å². The van der Waals surface area contributed by atoms with Gasteiger partial charge in [0, 0.05) is 6.61 Å². The Morgan fingerprint density at radius 1 is 1.31 bits per heavy atom. The molecular weight excluding hydrogens is 230 g/mol. The van der Waals surface area contributed by atoms with Gasteiger partial charge < -0.3 is 14.8 Å². The molecule has 0 aromatic carbocycles. The summed E-state index contributed by atoms with van der Waals surface area (Å²) in [7, 11) is 1.46. The molecular formula is C11H20ClNO3. The first-order valence-electron chi connectivity index (χ1n) is 5.73. The molecule has 2 aliphatic rings. The van der Waals surface area contributed by atoms with Crippen LogP contribution in [0.5, 0.6) is 0 Å². The van der Waals surface area contributed by atoms with Crippen LogP contribution in [0.25, 0.3) is 0 Å². The summed E-state index contributed by atoms with van der Waals surface area (Å²) in [5, 5.41) is 3.32. The summed E-state index contributed by atoms with van der Waals surface area (Å²) in [6.07, 6.45) is 3.14. The Morgan fingerprint density at radius 3 is 2.62 bits per heavy atom. The predicted octanol–water partition coefficient (Wildman–Crippen LogP) is 0.986. The molecule has 0 aromatic heterocycles. The van der Waals surface area contributed by atoms with E-state index >= 15 is 0 Å². The number of methoxy groups -OCH3 is 1. The Bertz CT molecular complexity index is 231. The average Bonchev–Trinajstić information content (AvgIpc) is 2.78. The van der Waals surface area contributed by atoms with Crippen LogP contribution in [0, 0.1) is 11.8 Å². The van der Waals surface area contributed by atoms with Crippen molar-refractivity contribution in [3.63, 3.8) is 0 Å². The van der Waals surface area contributed by atoms with Gasteiger partial charge in [-0.25, -0.2) is 0 Å². The summed E-state index contributed by atoms with van der Waals surface area (Å²) in [4.78, 5) is 11.5. The summed E-state index contributed by atoms with van der Waals surface area (Å²) in [6, 6.07) is 0. The van der Waals surface area contributed by atoms with E-state index in [1.54, 1.807) is 0 Å². The van der Waals surface area contributed by atoms with Crippen molar-refractivity contribution >= 4 is 18.4 Å². The lowest BCUT2D eigenvalue weighted by Crippen LogP contribution is -2.38. The lowest BCUT2D eigenvalue weighted by molar-refractivity contribution is -0.148. The Hall–Kier alpha value is -0.320. The van der Waals surface area contributed by atoms with Gasteiger partial charge in [0.25, 0.3) is 0 Å². The van der Waals surface area contributed by atoms with Gasteiger partial charge in [0.2, 0.25) is 0 Å². The van der Waals surface area contributed by atoms with E-state index in [-0.39, 0.29) is 30.4 Å². The minimum absolute atomic E-state index is 0. The van der Waals surface area contributed by atoms with E-state index in [0.29, 0.717) is 12.5 Å². The molecule has 2 fully saturated rings. The molecule has 5 heteroatoms. The summed E-state index contributed by atoms with van der Waals surface area (Å²) < 4.78 is 10.5. The number of carbonyl (C=O) groups is 1. The van der Waals surface area contributed by atoms with Gasteiger partial charge in [-0.3, -0.25) is 4.79 Å². The monoisotopic (exact) mass is 249 g/mol. The van der Waals surface area contributed by atoms with Crippen LogP contribution in [-0.4, -0.2) is 38.9 Å². The molecule has 0 aromatic rings. The third kappa shape index (κ3) is 2.87. The number of esters is 1. The summed E-state index contributed by atoms with van der Waals surface area (Å²) >= 11 is 0. The van der Waals surface area contributed by atoms with Gasteiger partial charge in [-0.05, 0) is 38.3 Å². The lowest BCUT2D eigenvalue weighted by atomic mass is 9.85. The molecule has 2 saturated heterocycles. The van der Waals surface area contributed by atoms with Crippen molar-refractivity contribution in [2.24, 2.45) is 11.8 Å². The third-order valence-corrected chi connectivity index (χ3v) is 3.49. The quantitative estimate of drug-likeness (QED) is 0.742. The maximum atomic E-state index is 11.5. The van der Waals surface area contributed by atoms with Crippen molar-refractivity contribution in [1.82, 2.24) is 5.32 Å². The molecule has 2 rings (SSSR count). The van der Waals surface area contributed by atoms with Crippen LogP contribution in [-0.2, 0) is 14.3 Å². The second-order valence-corrected chi connectivity index (χ2v) is 4.34. The number of hydrogen-bond donors (Lipinski definition) is 1. The van der Waals surface area contributed by atoms with Gasteiger partial charge in [-0.15, -0.1) is 12.4 Å². The molecule has 2 heterocycles. The number of halogens is 1. The van der Waals surface area contributed by atoms with Crippen molar-refractivity contribution in [2.75, 3.05) is 26.8 Å². The SMILES string of the molecule is COC(=O)C1CCOC1C1CCNCC1.Cl. The van der Waals surface area contributed by atoms with E-state index in [2.05, 4.69) is 5.32 Å². The van der Waals surface area contributed by atoms with Crippen molar-refractivity contribution in [2.45, 2.75) is 25.4 Å². The van der Waals surface area contributed by atoms with Crippen LogP contribution in [0.3, 0.4) is 0 Å². The summed E-state index contributed by atoms with van der Waals surface area (Å²) in [5.74, 6) is 0.395. The molecule has 2 unspecified atom stereocenters. The third-order valence-electron chi connectivity index (χ3n) is 3.49. The molecule has 16 heavy (non-hydrogen) atoms. The lowest BCUT2D eigenvalue weighted by Gasteiger charge is -2.29. The highest BCUT2D eigenvalue weighted by Gasteiger charge is 2.40. The Morgan fingerprint density at radius 2 is 2.00 bits per heavy atom. The molecule has 2 atom stereocenters. The second-order valence-electron chi connectivity index (χ2n) is 4.34. The van der Waals surface area contributed by atoms with Crippen molar-refractivity contribution < 1.29 is 14.3 Å². The molecule has 1 N–H and O–H groups in total. The zero-order valence-corrected chi connectivity index (χ0v) is 10.4. The van der Waals surface area contributed by atoms with Gasteiger partial charge in [0.1, 0.15) is 0 Å². The second kappa shape index (κ2) is 6.42. The summed E-state index contributed by atoms with van der Waals surface area (Å²) in [6.45, 7) is 2.78. The van der Waals surface area contributed by atoms with E-state index in [4.69, 9.17) is 9.47 Å². The topological polar surface area (TPSA) is 47.6 Å². The van der Waals surface area contributed by atoms with E-state index in [1.165, 1.54) is 7.11 Å². The number of piperidine rings is 1. The van der Waals surface area contributed by atoms with Crippen LogP contribution in [0.2, 0.25) is 0 Å². The zero-order valence-electron chi connectivity index (χ0n) is 9.61. The van der Waals surface area contributed by atoms with Crippen molar-refractivity contribution in [1.29, 1.82) is 0 Å². The maximum absolute atomic E-state index is 11.5. The molecule has 0 spiro atoms. The molecule has 0 radical (unpaired) electrons. The number of ether oxygens (including phenoxy) is 2. The van der Waals surface area contributed by atoms with Gasteiger partial charge in [-0.1, -0.05) is 0 Å². The average molecular weight is 250 g/mol.